The Morgan fingerprint density at radius 3 is 2.78 bits per heavy atom. The largest absolute Gasteiger partial charge is 0.490 e. The molecule has 3 unspecified atom stereocenters. The molecule has 18 heavy (non-hydrogen) atoms. The fraction of sp³-hybridized carbons (Fsp3) is 0.600. The number of hydrogen-bond acceptors (Lipinski definition) is 2. The lowest BCUT2D eigenvalue weighted by Gasteiger charge is -2.25. The molecule has 2 aliphatic carbocycles. The zero-order chi connectivity index (χ0) is 12.7. The van der Waals surface area contributed by atoms with E-state index < -0.39 is 0 Å². The van der Waals surface area contributed by atoms with Crippen LogP contribution in [0.5, 0.6) is 5.75 Å². The molecule has 3 atom stereocenters. The first-order valence-corrected chi connectivity index (χ1v) is 7.62. The Morgan fingerprint density at radius 2 is 2.17 bits per heavy atom. The summed E-state index contributed by atoms with van der Waals surface area (Å²) >= 11 is 3.52. The summed E-state index contributed by atoms with van der Waals surface area (Å²) in [4.78, 5) is 0. The van der Waals surface area contributed by atoms with Gasteiger partial charge in [0.1, 0.15) is 11.9 Å². The minimum absolute atomic E-state index is 0.425. The summed E-state index contributed by atoms with van der Waals surface area (Å²) in [6.45, 7) is 2.64. The van der Waals surface area contributed by atoms with Gasteiger partial charge in [0.05, 0.1) is 0 Å². The highest BCUT2D eigenvalue weighted by Gasteiger charge is 2.41. The zero-order valence-corrected chi connectivity index (χ0v) is 12.4. The van der Waals surface area contributed by atoms with Crippen molar-refractivity contribution in [1.82, 2.24) is 0 Å². The standard InChI is InChI=1S/C15H20BrNO/c1-9-4-13(16)7-12(8-17)15(9)18-14-6-10-2-3-11(14)5-10/h4,7,10-11,14H,2-3,5-6,8,17H2,1H3. The first-order valence-electron chi connectivity index (χ1n) is 6.83. The summed E-state index contributed by atoms with van der Waals surface area (Å²) in [5.74, 6) is 2.72. The Labute approximate surface area is 117 Å². The molecule has 3 heteroatoms. The third-order valence-electron chi connectivity index (χ3n) is 4.48. The molecule has 2 fully saturated rings. The first kappa shape index (κ1) is 12.5. The van der Waals surface area contributed by atoms with Crippen molar-refractivity contribution < 1.29 is 4.74 Å². The summed E-state index contributed by atoms with van der Waals surface area (Å²) in [7, 11) is 0. The van der Waals surface area contributed by atoms with Gasteiger partial charge in [-0.2, -0.15) is 0 Å². The Bertz CT molecular complexity index is 460. The van der Waals surface area contributed by atoms with E-state index in [4.69, 9.17) is 10.5 Å². The van der Waals surface area contributed by atoms with E-state index >= 15 is 0 Å². The van der Waals surface area contributed by atoms with Gasteiger partial charge < -0.3 is 10.5 Å². The highest BCUT2D eigenvalue weighted by molar-refractivity contribution is 9.10. The van der Waals surface area contributed by atoms with Crippen molar-refractivity contribution in [3.05, 3.63) is 27.7 Å². The van der Waals surface area contributed by atoms with Crippen LogP contribution in [-0.2, 0) is 6.54 Å². The molecule has 0 spiro atoms. The van der Waals surface area contributed by atoms with Gasteiger partial charge >= 0.3 is 0 Å². The molecule has 3 rings (SSSR count). The van der Waals surface area contributed by atoms with Crippen LogP contribution in [0.3, 0.4) is 0 Å². The van der Waals surface area contributed by atoms with Crippen LogP contribution in [-0.4, -0.2) is 6.10 Å². The molecular formula is C15H20BrNO. The highest BCUT2D eigenvalue weighted by atomic mass is 79.9. The molecular weight excluding hydrogens is 290 g/mol. The van der Waals surface area contributed by atoms with E-state index in [9.17, 15) is 0 Å². The summed E-state index contributed by atoms with van der Waals surface area (Å²) in [6.07, 6.45) is 5.80. The number of nitrogens with two attached hydrogens (primary N) is 1. The smallest absolute Gasteiger partial charge is 0.127 e. The lowest BCUT2D eigenvalue weighted by Crippen LogP contribution is -2.24. The van der Waals surface area contributed by atoms with Crippen LogP contribution in [0.4, 0.5) is 0 Å². The van der Waals surface area contributed by atoms with Gasteiger partial charge in [-0.05, 0) is 62.1 Å². The van der Waals surface area contributed by atoms with Gasteiger partial charge in [-0.25, -0.2) is 0 Å². The summed E-state index contributed by atoms with van der Waals surface area (Å²) in [6, 6.07) is 4.19. The quantitative estimate of drug-likeness (QED) is 0.922. The van der Waals surface area contributed by atoms with Gasteiger partial charge in [-0.3, -0.25) is 0 Å². The van der Waals surface area contributed by atoms with E-state index in [-0.39, 0.29) is 0 Å². The van der Waals surface area contributed by atoms with Crippen molar-refractivity contribution in [3.8, 4) is 5.75 Å². The Morgan fingerprint density at radius 1 is 1.33 bits per heavy atom. The molecule has 0 amide bonds. The molecule has 1 aromatic rings. The van der Waals surface area contributed by atoms with Crippen LogP contribution in [0.25, 0.3) is 0 Å². The number of fused-ring (bicyclic) bond motifs is 2. The fourth-order valence-electron chi connectivity index (χ4n) is 3.60. The summed E-state index contributed by atoms with van der Waals surface area (Å²) in [5.41, 5.74) is 8.14. The number of benzene rings is 1. The Balaban J connectivity index is 1.84. The molecule has 0 aliphatic heterocycles. The number of hydrogen-bond donors (Lipinski definition) is 1. The first-order chi connectivity index (χ1) is 8.67. The van der Waals surface area contributed by atoms with Crippen LogP contribution in [0.2, 0.25) is 0 Å². The molecule has 2 saturated carbocycles. The van der Waals surface area contributed by atoms with Gasteiger partial charge in [-0.15, -0.1) is 0 Å². The van der Waals surface area contributed by atoms with Gasteiger partial charge in [0.15, 0.2) is 0 Å². The molecule has 0 radical (unpaired) electrons. The third-order valence-corrected chi connectivity index (χ3v) is 4.94. The number of aryl methyl sites for hydroxylation is 1. The van der Waals surface area contributed by atoms with E-state index in [0.717, 1.165) is 27.6 Å². The average molecular weight is 310 g/mol. The van der Waals surface area contributed by atoms with Gasteiger partial charge in [0, 0.05) is 16.6 Å². The van der Waals surface area contributed by atoms with Crippen molar-refractivity contribution in [2.45, 2.75) is 45.3 Å². The molecule has 2 aliphatic rings. The van der Waals surface area contributed by atoms with E-state index in [2.05, 4.69) is 35.0 Å². The lowest BCUT2D eigenvalue weighted by molar-refractivity contribution is 0.136. The van der Waals surface area contributed by atoms with Crippen LogP contribution in [0.1, 0.15) is 36.8 Å². The Hall–Kier alpha value is -0.540. The van der Waals surface area contributed by atoms with Crippen LogP contribution in [0, 0.1) is 18.8 Å². The molecule has 2 N–H and O–H groups in total. The fourth-order valence-corrected chi connectivity index (χ4v) is 4.22. The second kappa shape index (κ2) is 4.86. The topological polar surface area (TPSA) is 35.2 Å². The zero-order valence-electron chi connectivity index (χ0n) is 10.8. The third kappa shape index (κ3) is 2.19. The minimum Gasteiger partial charge on any atom is -0.490 e. The van der Waals surface area contributed by atoms with Gasteiger partial charge in [-0.1, -0.05) is 15.9 Å². The average Bonchev–Trinajstić information content (AvgIpc) is 2.94. The monoisotopic (exact) mass is 309 g/mol. The molecule has 98 valence electrons. The maximum atomic E-state index is 6.32. The Kier molecular flexibility index (Phi) is 3.37. The molecule has 1 aromatic carbocycles. The van der Waals surface area contributed by atoms with Crippen molar-refractivity contribution in [3.63, 3.8) is 0 Å². The van der Waals surface area contributed by atoms with Crippen LogP contribution in [0.15, 0.2) is 16.6 Å². The SMILES string of the molecule is Cc1cc(Br)cc(CN)c1OC1CC2CCC1C2. The minimum atomic E-state index is 0.425. The predicted octanol–water partition coefficient (Wildman–Crippen LogP) is 3.78. The molecule has 0 aromatic heterocycles. The second-order valence-electron chi connectivity index (χ2n) is 5.75. The van der Waals surface area contributed by atoms with Crippen LogP contribution < -0.4 is 10.5 Å². The summed E-state index contributed by atoms with van der Waals surface area (Å²) in [5, 5.41) is 0. The normalized spacial score (nSPS) is 29.8. The molecule has 2 nitrogen and oxygen atoms in total. The van der Waals surface area contributed by atoms with E-state index in [1.54, 1.807) is 0 Å². The number of ether oxygens (including phenoxy) is 1. The van der Waals surface area contributed by atoms with Gasteiger partial charge in [0.2, 0.25) is 0 Å². The molecule has 0 heterocycles. The number of halogens is 1. The lowest BCUT2D eigenvalue weighted by atomic mass is 9.97. The highest BCUT2D eigenvalue weighted by Crippen LogP contribution is 2.46. The van der Waals surface area contributed by atoms with Crippen LogP contribution >= 0.6 is 15.9 Å². The molecule has 0 saturated heterocycles. The number of rotatable bonds is 3. The summed E-state index contributed by atoms with van der Waals surface area (Å²) < 4.78 is 7.40. The second-order valence-corrected chi connectivity index (χ2v) is 6.66. The van der Waals surface area contributed by atoms with E-state index in [0.29, 0.717) is 12.6 Å². The van der Waals surface area contributed by atoms with Crippen molar-refractivity contribution in [1.29, 1.82) is 0 Å². The van der Waals surface area contributed by atoms with Crippen molar-refractivity contribution >= 4 is 15.9 Å². The maximum Gasteiger partial charge on any atom is 0.127 e. The van der Waals surface area contributed by atoms with E-state index in [1.807, 2.05) is 0 Å². The predicted molar refractivity (Wildman–Crippen MR) is 76.6 cm³/mol. The van der Waals surface area contributed by atoms with Gasteiger partial charge in [0.25, 0.3) is 0 Å². The van der Waals surface area contributed by atoms with E-state index in [1.165, 1.54) is 31.2 Å². The van der Waals surface area contributed by atoms with Crippen molar-refractivity contribution in [2.24, 2.45) is 17.6 Å². The molecule has 2 bridgehead atoms. The maximum absolute atomic E-state index is 6.32. The van der Waals surface area contributed by atoms with Crippen molar-refractivity contribution in [2.75, 3.05) is 0 Å².